The Hall–Kier alpha value is -3.15. The van der Waals surface area contributed by atoms with Crippen molar-refractivity contribution in [3.8, 4) is 0 Å². The fourth-order valence-corrected chi connectivity index (χ4v) is 4.54. The Kier molecular flexibility index (Phi) is 3.93. The molecule has 0 bridgehead atoms. The molecular weight excluding hydrogens is 352 g/mol. The Morgan fingerprint density at radius 1 is 1.18 bits per heavy atom. The van der Waals surface area contributed by atoms with Crippen LogP contribution in [0.5, 0.6) is 0 Å². The van der Waals surface area contributed by atoms with Crippen LogP contribution in [0.15, 0.2) is 48.8 Å². The SMILES string of the molecule is CCCCN1C(=O)C2Cc3c([nH]c4ccccc34)C(c3cccnc3)N2C1=O. The highest BCUT2D eigenvalue weighted by Crippen LogP contribution is 2.43. The smallest absolute Gasteiger partial charge is 0.328 e. The molecule has 4 heterocycles. The average Bonchev–Trinajstić information content (AvgIpc) is 3.21. The number of unbranched alkanes of at least 4 members (excludes halogenated alkanes) is 1. The van der Waals surface area contributed by atoms with Gasteiger partial charge in [-0.3, -0.25) is 19.6 Å². The van der Waals surface area contributed by atoms with Crippen molar-refractivity contribution in [3.05, 3.63) is 65.6 Å². The van der Waals surface area contributed by atoms with E-state index in [1.807, 2.05) is 30.3 Å². The Morgan fingerprint density at radius 2 is 2.04 bits per heavy atom. The van der Waals surface area contributed by atoms with Crippen molar-refractivity contribution in [1.82, 2.24) is 19.8 Å². The maximum atomic E-state index is 13.3. The molecule has 142 valence electrons. The van der Waals surface area contributed by atoms with Crippen LogP contribution < -0.4 is 0 Å². The zero-order chi connectivity index (χ0) is 19.3. The molecule has 3 amide bonds. The van der Waals surface area contributed by atoms with E-state index in [1.165, 1.54) is 4.90 Å². The molecule has 28 heavy (non-hydrogen) atoms. The fraction of sp³-hybridized carbons (Fsp3) is 0.318. The number of nitrogens with one attached hydrogen (secondary N) is 1. The predicted molar refractivity (Wildman–Crippen MR) is 106 cm³/mol. The van der Waals surface area contributed by atoms with Crippen molar-refractivity contribution in [1.29, 1.82) is 0 Å². The number of rotatable bonds is 4. The number of hydrogen-bond acceptors (Lipinski definition) is 3. The van der Waals surface area contributed by atoms with Gasteiger partial charge in [-0.15, -0.1) is 0 Å². The first-order valence-corrected chi connectivity index (χ1v) is 9.83. The van der Waals surface area contributed by atoms with Gasteiger partial charge in [0, 0.05) is 42.0 Å². The van der Waals surface area contributed by atoms with E-state index in [0.29, 0.717) is 13.0 Å². The summed E-state index contributed by atoms with van der Waals surface area (Å²) >= 11 is 0. The van der Waals surface area contributed by atoms with E-state index in [9.17, 15) is 9.59 Å². The van der Waals surface area contributed by atoms with Gasteiger partial charge in [0.1, 0.15) is 12.1 Å². The van der Waals surface area contributed by atoms with Gasteiger partial charge in [0.15, 0.2) is 0 Å². The zero-order valence-electron chi connectivity index (χ0n) is 15.8. The number of urea groups is 1. The second-order valence-electron chi connectivity index (χ2n) is 7.50. The van der Waals surface area contributed by atoms with E-state index in [-0.39, 0.29) is 18.0 Å². The molecule has 6 heteroatoms. The Balaban J connectivity index is 1.68. The third kappa shape index (κ3) is 2.37. The summed E-state index contributed by atoms with van der Waals surface area (Å²) in [6, 6.07) is 11.0. The third-order valence-corrected chi connectivity index (χ3v) is 5.87. The first-order valence-electron chi connectivity index (χ1n) is 9.83. The number of fused-ring (bicyclic) bond motifs is 4. The van der Waals surface area contributed by atoms with E-state index in [2.05, 4.69) is 23.0 Å². The minimum Gasteiger partial charge on any atom is -0.356 e. The molecule has 2 aliphatic rings. The molecule has 2 atom stereocenters. The van der Waals surface area contributed by atoms with Crippen molar-refractivity contribution in [2.45, 2.75) is 38.3 Å². The van der Waals surface area contributed by atoms with Crippen LogP contribution in [-0.4, -0.2) is 44.3 Å². The highest BCUT2D eigenvalue weighted by Gasteiger charge is 2.52. The van der Waals surface area contributed by atoms with Gasteiger partial charge in [0.05, 0.1) is 0 Å². The van der Waals surface area contributed by atoms with Crippen LogP contribution in [0.3, 0.4) is 0 Å². The summed E-state index contributed by atoms with van der Waals surface area (Å²) in [7, 11) is 0. The molecule has 1 N–H and O–H groups in total. The van der Waals surface area contributed by atoms with Crippen LogP contribution in [-0.2, 0) is 11.2 Å². The van der Waals surface area contributed by atoms with Gasteiger partial charge in [0.2, 0.25) is 0 Å². The van der Waals surface area contributed by atoms with E-state index < -0.39 is 6.04 Å². The first kappa shape index (κ1) is 17.0. The first-order chi connectivity index (χ1) is 13.7. The highest BCUT2D eigenvalue weighted by atomic mass is 16.2. The summed E-state index contributed by atoms with van der Waals surface area (Å²) in [6.07, 6.45) is 5.82. The molecule has 3 aromatic rings. The van der Waals surface area contributed by atoms with Crippen molar-refractivity contribution >= 4 is 22.8 Å². The molecule has 0 saturated carbocycles. The molecule has 0 aliphatic carbocycles. The number of amides is 3. The second kappa shape index (κ2) is 6.48. The lowest BCUT2D eigenvalue weighted by molar-refractivity contribution is -0.128. The van der Waals surface area contributed by atoms with Crippen LogP contribution in [0.2, 0.25) is 0 Å². The zero-order valence-corrected chi connectivity index (χ0v) is 15.8. The van der Waals surface area contributed by atoms with E-state index in [4.69, 9.17) is 0 Å². The number of imide groups is 1. The molecule has 2 unspecified atom stereocenters. The summed E-state index contributed by atoms with van der Waals surface area (Å²) in [6.45, 7) is 2.55. The van der Waals surface area contributed by atoms with E-state index >= 15 is 0 Å². The van der Waals surface area contributed by atoms with Gasteiger partial charge in [-0.2, -0.15) is 0 Å². The van der Waals surface area contributed by atoms with Crippen LogP contribution in [0.1, 0.15) is 42.6 Å². The number of carbonyl (C=O) groups excluding carboxylic acids is 2. The largest absolute Gasteiger partial charge is 0.356 e. The molecule has 6 nitrogen and oxygen atoms in total. The Morgan fingerprint density at radius 3 is 2.82 bits per heavy atom. The number of aromatic nitrogens is 2. The molecule has 1 fully saturated rings. The monoisotopic (exact) mass is 374 g/mol. The van der Waals surface area contributed by atoms with Crippen molar-refractivity contribution < 1.29 is 9.59 Å². The van der Waals surface area contributed by atoms with Crippen LogP contribution in [0.4, 0.5) is 4.79 Å². The van der Waals surface area contributed by atoms with Gasteiger partial charge in [-0.1, -0.05) is 37.6 Å². The number of nitrogens with zero attached hydrogens (tertiary/aromatic N) is 3. The summed E-state index contributed by atoms with van der Waals surface area (Å²) in [5, 5.41) is 1.12. The van der Waals surface area contributed by atoms with Crippen LogP contribution in [0.25, 0.3) is 10.9 Å². The molecule has 5 rings (SSSR count). The van der Waals surface area contributed by atoms with Crippen molar-refractivity contribution in [3.63, 3.8) is 0 Å². The Bertz CT molecular complexity index is 1060. The van der Waals surface area contributed by atoms with E-state index in [0.717, 1.165) is 40.6 Å². The predicted octanol–water partition coefficient (Wildman–Crippen LogP) is 3.64. The van der Waals surface area contributed by atoms with Gasteiger partial charge >= 0.3 is 6.03 Å². The fourth-order valence-electron chi connectivity index (χ4n) is 4.54. The normalized spacial score (nSPS) is 21.3. The number of H-pyrrole nitrogens is 1. The van der Waals surface area contributed by atoms with Crippen LogP contribution in [0, 0.1) is 0 Å². The van der Waals surface area contributed by atoms with Crippen molar-refractivity contribution in [2.24, 2.45) is 0 Å². The summed E-state index contributed by atoms with van der Waals surface area (Å²) in [4.78, 5) is 37.4. The Labute approximate surface area is 163 Å². The molecule has 1 saturated heterocycles. The third-order valence-electron chi connectivity index (χ3n) is 5.87. The number of para-hydroxylation sites is 1. The van der Waals surface area contributed by atoms with Gasteiger partial charge in [0.25, 0.3) is 5.91 Å². The molecule has 1 aromatic carbocycles. The summed E-state index contributed by atoms with van der Waals surface area (Å²) < 4.78 is 0. The van der Waals surface area contributed by atoms with Gasteiger partial charge in [-0.05, 0) is 29.7 Å². The number of pyridine rings is 1. The number of hydrogen-bond donors (Lipinski definition) is 1. The summed E-state index contributed by atoms with van der Waals surface area (Å²) in [5.41, 5.74) is 4.07. The molecule has 0 radical (unpaired) electrons. The molecule has 2 aromatic heterocycles. The minimum absolute atomic E-state index is 0.0803. The molecule has 0 spiro atoms. The maximum Gasteiger partial charge on any atom is 0.328 e. The standard InChI is InChI=1S/C22H22N4O2/c1-2-3-11-25-21(27)18-12-16-15-8-4-5-9-17(15)24-19(16)20(26(18)22(25)28)14-7-6-10-23-13-14/h4-10,13,18,20,24H,2-3,11-12H2,1H3. The van der Waals surface area contributed by atoms with Gasteiger partial charge in [-0.25, -0.2) is 4.79 Å². The molecular formula is C22H22N4O2. The second-order valence-corrected chi connectivity index (χ2v) is 7.50. The quantitative estimate of drug-likeness (QED) is 0.709. The lowest BCUT2D eigenvalue weighted by Crippen LogP contribution is -2.44. The van der Waals surface area contributed by atoms with Gasteiger partial charge < -0.3 is 4.98 Å². The summed E-state index contributed by atoms with van der Waals surface area (Å²) in [5.74, 6) is -0.0803. The average molecular weight is 374 g/mol. The number of benzene rings is 1. The van der Waals surface area contributed by atoms with Crippen molar-refractivity contribution in [2.75, 3.05) is 6.54 Å². The van der Waals surface area contributed by atoms with E-state index in [1.54, 1.807) is 17.3 Å². The topological polar surface area (TPSA) is 69.3 Å². The lowest BCUT2D eigenvalue weighted by atomic mass is 9.89. The maximum absolute atomic E-state index is 13.3. The lowest BCUT2D eigenvalue weighted by Gasteiger charge is -2.35. The highest BCUT2D eigenvalue weighted by molar-refractivity contribution is 6.05. The van der Waals surface area contributed by atoms with Crippen LogP contribution >= 0.6 is 0 Å². The minimum atomic E-state index is -0.457. The number of carbonyl (C=O) groups is 2. The molecule has 2 aliphatic heterocycles. The number of aromatic amines is 1.